The number of carbonyl (C=O) groups is 3. The third-order valence-corrected chi connectivity index (χ3v) is 5.50. The van der Waals surface area contributed by atoms with E-state index in [2.05, 4.69) is 15.5 Å². The van der Waals surface area contributed by atoms with Crippen LogP contribution in [0.5, 0.6) is 0 Å². The molecule has 2 saturated heterocycles. The number of benzene rings is 2. The highest BCUT2D eigenvalue weighted by Gasteiger charge is 2.56. The number of imide groups is 2. The van der Waals surface area contributed by atoms with Crippen LogP contribution in [0.2, 0.25) is 0 Å². The zero-order valence-electron chi connectivity index (χ0n) is 15.6. The van der Waals surface area contributed by atoms with Crippen molar-refractivity contribution in [2.75, 3.05) is 33.2 Å². The number of piperazine rings is 1. The second-order valence-corrected chi connectivity index (χ2v) is 7.18. The van der Waals surface area contributed by atoms with Gasteiger partial charge in [-0.15, -0.1) is 0 Å². The van der Waals surface area contributed by atoms with Crippen LogP contribution in [0.25, 0.3) is 11.1 Å². The van der Waals surface area contributed by atoms with E-state index in [1.807, 2.05) is 54.4 Å². The molecule has 2 fully saturated rings. The Bertz CT molecular complexity index is 883. The molecular formula is C21H22N4O3. The maximum absolute atomic E-state index is 13.0. The molecule has 0 aliphatic carbocycles. The van der Waals surface area contributed by atoms with Crippen molar-refractivity contribution in [3.05, 3.63) is 60.2 Å². The van der Waals surface area contributed by atoms with Gasteiger partial charge in [-0.05, 0) is 23.7 Å². The zero-order chi connectivity index (χ0) is 19.7. The topological polar surface area (TPSA) is 81.8 Å². The lowest BCUT2D eigenvalue weighted by Gasteiger charge is -2.46. The van der Waals surface area contributed by atoms with Gasteiger partial charge in [0, 0.05) is 26.2 Å². The minimum atomic E-state index is -1.55. The normalized spacial score (nSPS) is 20.5. The van der Waals surface area contributed by atoms with Gasteiger partial charge in [-0.25, -0.2) is 4.79 Å². The summed E-state index contributed by atoms with van der Waals surface area (Å²) in [5, 5.41) is 4.58. The monoisotopic (exact) mass is 378 g/mol. The maximum atomic E-state index is 13.0. The standard InChI is InChI=1S/C21H22N4O3/c1-24-11-13-25(14-12-24)21(18(26)22-20(28)23-19(21)27)17-9-7-16(8-10-17)15-5-3-2-4-6-15/h2-10H,11-14H2,1H3,(H2,22,23,26,27,28). The van der Waals surface area contributed by atoms with Crippen molar-refractivity contribution in [3.8, 4) is 11.1 Å². The molecule has 0 bridgehead atoms. The Morgan fingerprint density at radius 2 is 1.29 bits per heavy atom. The van der Waals surface area contributed by atoms with Gasteiger partial charge in [0.2, 0.25) is 5.54 Å². The number of hydrogen-bond acceptors (Lipinski definition) is 5. The highest BCUT2D eigenvalue weighted by Crippen LogP contribution is 2.33. The molecule has 4 amide bonds. The van der Waals surface area contributed by atoms with Crippen LogP contribution < -0.4 is 10.6 Å². The summed E-state index contributed by atoms with van der Waals surface area (Å²) < 4.78 is 0. The van der Waals surface area contributed by atoms with E-state index in [1.54, 1.807) is 12.1 Å². The lowest BCUT2D eigenvalue weighted by atomic mass is 9.83. The predicted molar refractivity (Wildman–Crippen MR) is 104 cm³/mol. The summed E-state index contributed by atoms with van der Waals surface area (Å²) in [6.45, 7) is 2.56. The van der Waals surface area contributed by atoms with Crippen LogP contribution in [0, 0.1) is 0 Å². The molecule has 0 unspecified atom stereocenters. The Morgan fingerprint density at radius 1 is 0.750 bits per heavy atom. The molecule has 0 atom stereocenters. The largest absolute Gasteiger partial charge is 0.328 e. The van der Waals surface area contributed by atoms with Gasteiger partial charge in [-0.1, -0.05) is 54.6 Å². The molecule has 0 spiro atoms. The van der Waals surface area contributed by atoms with Crippen molar-refractivity contribution in [2.24, 2.45) is 0 Å². The smallest absolute Gasteiger partial charge is 0.304 e. The Morgan fingerprint density at radius 3 is 1.86 bits per heavy atom. The molecule has 0 aromatic heterocycles. The fourth-order valence-corrected chi connectivity index (χ4v) is 3.93. The first kappa shape index (κ1) is 18.3. The fourth-order valence-electron chi connectivity index (χ4n) is 3.93. The number of nitrogens with one attached hydrogen (secondary N) is 2. The van der Waals surface area contributed by atoms with Crippen molar-refractivity contribution in [1.29, 1.82) is 0 Å². The third kappa shape index (κ3) is 2.98. The quantitative estimate of drug-likeness (QED) is 0.784. The SMILES string of the molecule is CN1CCN(C2(c3ccc(-c4ccccc4)cc3)C(=O)NC(=O)NC2=O)CC1. The van der Waals surface area contributed by atoms with Gasteiger partial charge in [-0.3, -0.25) is 25.1 Å². The number of barbiturate groups is 1. The van der Waals surface area contributed by atoms with E-state index in [9.17, 15) is 14.4 Å². The van der Waals surface area contributed by atoms with E-state index in [4.69, 9.17) is 0 Å². The Labute approximate surface area is 163 Å². The molecule has 2 aromatic carbocycles. The van der Waals surface area contributed by atoms with Gasteiger partial charge in [0.1, 0.15) is 0 Å². The highest BCUT2D eigenvalue weighted by atomic mass is 16.2. The van der Waals surface area contributed by atoms with Crippen LogP contribution in [-0.2, 0) is 15.1 Å². The summed E-state index contributed by atoms with van der Waals surface area (Å²) >= 11 is 0. The number of nitrogens with zero attached hydrogens (tertiary/aromatic N) is 2. The third-order valence-electron chi connectivity index (χ3n) is 5.50. The second-order valence-electron chi connectivity index (χ2n) is 7.18. The maximum Gasteiger partial charge on any atom is 0.328 e. The lowest BCUT2D eigenvalue weighted by molar-refractivity contribution is -0.150. The average Bonchev–Trinajstić information content (AvgIpc) is 2.70. The molecule has 2 aliphatic heterocycles. The van der Waals surface area contributed by atoms with Gasteiger partial charge in [0.15, 0.2) is 0 Å². The van der Waals surface area contributed by atoms with Gasteiger partial charge in [-0.2, -0.15) is 0 Å². The van der Waals surface area contributed by atoms with E-state index in [0.717, 1.165) is 24.2 Å². The van der Waals surface area contributed by atoms with Gasteiger partial charge in [0.05, 0.1) is 0 Å². The van der Waals surface area contributed by atoms with E-state index in [-0.39, 0.29) is 0 Å². The molecule has 144 valence electrons. The van der Waals surface area contributed by atoms with Crippen LogP contribution in [0.3, 0.4) is 0 Å². The van der Waals surface area contributed by atoms with Crippen LogP contribution in [0.15, 0.2) is 54.6 Å². The summed E-state index contributed by atoms with van der Waals surface area (Å²) in [7, 11) is 2.00. The molecule has 4 rings (SSSR count). The zero-order valence-corrected chi connectivity index (χ0v) is 15.6. The number of carbonyl (C=O) groups excluding carboxylic acids is 3. The van der Waals surface area contributed by atoms with Gasteiger partial charge < -0.3 is 4.90 Å². The summed E-state index contributed by atoms with van der Waals surface area (Å²) in [4.78, 5) is 41.7. The van der Waals surface area contributed by atoms with Crippen molar-refractivity contribution >= 4 is 17.8 Å². The predicted octanol–water partition coefficient (Wildman–Crippen LogP) is 1.16. The molecule has 0 saturated carbocycles. The molecule has 2 aliphatic rings. The van der Waals surface area contributed by atoms with Crippen molar-refractivity contribution in [3.63, 3.8) is 0 Å². The summed E-state index contributed by atoms with van der Waals surface area (Å²) in [6.07, 6.45) is 0. The first-order valence-electron chi connectivity index (χ1n) is 9.28. The van der Waals surface area contributed by atoms with Crippen LogP contribution in [0.4, 0.5) is 4.79 Å². The van der Waals surface area contributed by atoms with Crippen molar-refractivity contribution in [2.45, 2.75) is 5.54 Å². The van der Waals surface area contributed by atoms with E-state index < -0.39 is 23.4 Å². The molecule has 7 nitrogen and oxygen atoms in total. The number of urea groups is 1. The number of hydrogen-bond donors (Lipinski definition) is 2. The first-order chi connectivity index (χ1) is 13.5. The molecule has 2 heterocycles. The van der Waals surface area contributed by atoms with Crippen LogP contribution in [0.1, 0.15) is 5.56 Å². The number of likely N-dealkylation sites (N-methyl/N-ethyl adjacent to an activating group) is 1. The fraction of sp³-hybridized carbons (Fsp3) is 0.286. The van der Waals surface area contributed by atoms with Crippen LogP contribution in [-0.4, -0.2) is 60.9 Å². The molecule has 2 N–H and O–H groups in total. The summed E-state index contributed by atoms with van der Waals surface area (Å²) in [5.41, 5.74) is 1.05. The van der Waals surface area contributed by atoms with Gasteiger partial charge in [0.25, 0.3) is 11.8 Å². The molecule has 2 aromatic rings. The number of amides is 4. The highest BCUT2D eigenvalue weighted by molar-refractivity contribution is 6.22. The molecular weight excluding hydrogens is 356 g/mol. The second kappa shape index (κ2) is 7.18. The van der Waals surface area contributed by atoms with Crippen molar-refractivity contribution in [1.82, 2.24) is 20.4 Å². The Kier molecular flexibility index (Phi) is 4.70. The summed E-state index contributed by atoms with van der Waals surface area (Å²) in [6, 6.07) is 16.5. The van der Waals surface area contributed by atoms with E-state index in [1.165, 1.54) is 0 Å². The van der Waals surface area contributed by atoms with Crippen LogP contribution >= 0.6 is 0 Å². The minimum absolute atomic E-state index is 0.548. The van der Waals surface area contributed by atoms with Gasteiger partial charge >= 0.3 is 6.03 Å². The van der Waals surface area contributed by atoms with E-state index >= 15 is 0 Å². The Balaban J connectivity index is 1.76. The molecule has 7 heteroatoms. The van der Waals surface area contributed by atoms with Crippen molar-refractivity contribution < 1.29 is 14.4 Å². The first-order valence-corrected chi connectivity index (χ1v) is 9.28. The lowest BCUT2D eigenvalue weighted by Crippen LogP contribution is -2.72. The average molecular weight is 378 g/mol. The van der Waals surface area contributed by atoms with E-state index in [0.29, 0.717) is 18.7 Å². The molecule has 0 radical (unpaired) electrons. The number of rotatable bonds is 3. The minimum Gasteiger partial charge on any atom is -0.304 e. The summed E-state index contributed by atoms with van der Waals surface area (Å²) in [5.74, 6) is -1.20. The Hall–Kier alpha value is -3.03. The molecule has 28 heavy (non-hydrogen) atoms.